The van der Waals surface area contributed by atoms with Gasteiger partial charge in [-0.05, 0) is 50.8 Å². The van der Waals surface area contributed by atoms with Gasteiger partial charge >= 0.3 is 0 Å². The lowest BCUT2D eigenvalue weighted by atomic mass is 9.94. The molecule has 3 heterocycles. The number of carbonyl (C=O) groups is 1. The number of hydrogen-bond donors (Lipinski definition) is 0. The fourth-order valence-corrected chi connectivity index (χ4v) is 4.52. The van der Waals surface area contributed by atoms with Gasteiger partial charge in [0.25, 0.3) is 0 Å². The first-order valence-corrected chi connectivity index (χ1v) is 10.3. The summed E-state index contributed by atoms with van der Waals surface area (Å²) in [5.41, 5.74) is 1.62. The first-order valence-electron chi connectivity index (χ1n) is 10.3. The molecule has 0 saturated carbocycles. The first-order chi connectivity index (χ1) is 13.5. The van der Waals surface area contributed by atoms with Crippen molar-refractivity contribution in [3.05, 3.63) is 35.5 Å². The Morgan fingerprint density at radius 1 is 1.04 bits per heavy atom. The van der Waals surface area contributed by atoms with Crippen molar-refractivity contribution in [3.8, 4) is 0 Å². The predicted molar refractivity (Wildman–Crippen MR) is 106 cm³/mol. The maximum absolute atomic E-state index is 14.2. The summed E-state index contributed by atoms with van der Waals surface area (Å²) < 4.78 is 27.9. The summed E-state index contributed by atoms with van der Waals surface area (Å²) in [4.78, 5) is 21.3. The van der Waals surface area contributed by atoms with Crippen molar-refractivity contribution in [3.63, 3.8) is 0 Å². The zero-order valence-corrected chi connectivity index (χ0v) is 16.4. The summed E-state index contributed by atoms with van der Waals surface area (Å²) in [5, 5.41) is 0.627. The van der Waals surface area contributed by atoms with Gasteiger partial charge in [-0.25, -0.2) is 13.8 Å². The molecule has 4 nitrogen and oxygen atoms in total. The van der Waals surface area contributed by atoms with Gasteiger partial charge in [-0.1, -0.05) is 12.8 Å². The number of benzene rings is 1. The molecule has 0 unspecified atom stereocenters. The molecule has 2 aliphatic rings. The van der Waals surface area contributed by atoms with Gasteiger partial charge in [0.1, 0.15) is 5.52 Å². The second-order valence-electron chi connectivity index (χ2n) is 8.04. The van der Waals surface area contributed by atoms with Crippen LogP contribution in [-0.2, 0) is 4.79 Å². The molecule has 4 rings (SSSR count). The molecule has 0 spiro atoms. The van der Waals surface area contributed by atoms with Gasteiger partial charge in [-0.15, -0.1) is 0 Å². The average molecular weight is 387 g/mol. The summed E-state index contributed by atoms with van der Waals surface area (Å²) >= 11 is 0. The van der Waals surface area contributed by atoms with Gasteiger partial charge < -0.3 is 9.80 Å². The standard InChI is InChI=1S/C22H27F2N3O/c1-15-14-19(17-6-7-18(23)20(24)21(17)25-15)26-12-8-16(9-13-26)22(28)27-10-4-2-3-5-11-27/h6-7,14,16H,2-5,8-13H2,1H3. The van der Waals surface area contributed by atoms with E-state index < -0.39 is 11.6 Å². The van der Waals surface area contributed by atoms with Crippen molar-refractivity contribution in [2.45, 2.75) is 45.4 Å². The lowest BCUT2D eigenvalue weighted by molar-refractivity contribution is -0.136. The molecule has 0 radical (unpaired) electrons. The van der Waals surface area contributed by atoms with Crippen LogP contribution in [0.15, 0.2) is 18.2 Å². The van der Waals surface area contributed by atoms with E-state index in [0.717, 1.165) is 63.6 Å². The number of halogens is 2. The maximum atomic E-state index is 14.2. The van der Waals surface area contributed by atoms with Crippen molar-refractivity contribution in [2.75, 3.05) is 31.1 Å². The van der Waals surface area contributed by atoms with Crippen LogP contribution in [0.25, 0.3) is 10.9 Å². The third kappa shape index (κ3) is 3.69. The number of aromatic nitrogens is 1. The van der Waals surface area contributed by atoms with Gasteiger partial charge in [0.05, 0.1) is 0 Å². The van der Waals surface area contributed by atoms with Crippen molar-refractivity contribution >= 4 is 22.5 Å². The minimum absolute atomic E-state index is 0.0673. The molecule has 2 aromatic rings. The summed E-state index contributed by atoms with van der Waals surface area (Å²) in [7, 11) is 0. The maximum Gasteiger partial charge on any atom is 0.225 e. The number of piperidine rings is 1. The Balaban J connectivity index is 1.51. The summed E-state index contributed by atoms with van der Waals surface area (Å²) in [6, 6.07) is 4.69. The van der Waals surface area contributed by atoms with E-state index in [4.69, 9.17) is 0 Å². The van der Waals surface area contributed by atoms with Crippen LogP contribution in [0.5, 0.6) is 0 Å². The quantitative estimate of drug-likeness (QED) is 0.764. The Kier molecular flexibility index (Phi) is 5.47. The monoisotopic (exact) mass is 387 g/mol. The average Bonchev–Trinajstić information content (AvgIpc) is 3.00. The number of amides is 1. The number of pyridine rings is 1. The van der Waals surface area contributed by atoms with Crippen molar-refractivity contribution in [2.24, 2.45) is 5.92 Å². The number of anilines is 1. The van der Waals surface area contributed by atoms with E-state index in [2.05, 4.69) is 14.8 Å². The third-order valence-corrected chi connectivity index (χ3v) is 6.08. The lowest BCUT2D eigenvalue weighted by Gasteiger charge is -2.35. The number of hydrogen-bond acceptors (Lipinski definition) is 3. The van der Waals surface area contributed by atoms with Gasteiger partial charge in [0.15, 0.2) is 11.6 Å². The van der Waals surface area contributed by atoms with Crippen LogP contribution in [0.4, 0.5) is 14.5 Å². The number of carbonyl (C=O) groups excluding carboxylic acids is 1. The fourth-order valence-electron chi connectivity index (χ4n) is 4.52. The lowest BCUT2D eigenvalue weighted by Crippen LogP contribution is -2.43. The van der Waals surface area contributed by atoms with Crippen molar-refractivity contribution in [1.82, 2.24) is 9.88 Å². The molecule has 28 heavy (non-hydrogen) atoms. The van der Waals surface area contributed by atoms with Crippen LogP contribution >= 0.6 is 0 Å². The summed E-state index contributed by atoms with van der Waals surface area (Å²) in [6.07, 6.45) is 6.23. The van der Waals surface area contributed by atoms with Gasteiger partial charge in [0, 0.05) is 48.9 Å². The van der Waals surface area contributed by atoms with E-state index in [1.54, 1.807) is 13.0 Å². The Morgan fingerprint density at radius 3 is 2.39 bits per heavy atom. The van der Waals surface area contributed by atoms with Crippen LogP contribution in [0.1, 0.15) is 44.2 Å². The minimum Gasteiger partial charge on any atom is -0.371 e. The minimum atomic E-state index is -0.895. The Bertz CT molecular complexity index is 870. The molecule has 2 fully saturated rings. The zero-order valence-electron chi connectivity index (χ0n) is 16.4. The molecule has 2 saturated heterocycles. The van der Waals surface area contributed by atoms with E-state index >= 15 is 0 Å². The largest absolute Gasteiger partial charge is 0.371 e. The van der Waals surface area contributed by atoms with E-state index in [-0.39, 0.29) is 11.4 Å². The number of rotatable bonds is 2. The third-order valence-electron chi connectivity index (χ3n) is 6.08. The first kappa shape index (κ1) is 19.1. The van der Waals surface area contributed by atoms with E-state index in [1.165, 1.54) is 12.8 Å². The molecule has 150 valence electrons. The highest BCUT2D eigenvalue weighted by Gasteiger charge is 2.29. The predicted octanol–water partition coefficient (Wildman–Crippen LogP) is 4.44. The molecule has 1 aromatic carbocycles. The normalized spacial score (nSPS) is 19.1. The number of aryl methyl sites for hydroxylation is 1. The van der Waals surface area contributed by atoms with Gasteiger partial charge in [-0.3, -0.25) is 4.79 Å². The number of fused-ring (bicyclic) bond motifs is 1. The van der Waals surface area contributed by atoms with Crippen molar-refractivity contribution < 1.29 is 13.6 Å². The molecule has 0 aliphatic carbocycles. The highest BCUT2D eigenvalue weighted by Crippen LogP contribution is 2.32. The van der Waals surface area contributed by atoms with Crippen LogP contribution in [0.3, 0.4) is 0 Å². The number of nitrogens with zero attached hydrogens (tertiary/aromatic N) is 3. The van der Waals surface area contributed by atoms with Crippen molar-refractivity contribution in [1.29, 1.82) is 0 Å². The molecule has 0 bridgehead atoms. The summed E-state index contributed by atoms with van der Waals surface area (Å²) in [5.74, 6) is -1.41. The van der Waals surface area contributed by atoms with Crippen LogP contribution in [-0.4, -0.2) is 42.0 Å². The van der Waals surface area contributed by atoms with E-state index in [1.807, 2.05) is 6.07 Å². The fraction of sp³-hybridized carbons (Fsp3) is 0.545. The SMILES string of the molecule is Cc1cc(N2CCC(C(=O)N3CCCCCC3)CC2)c2ccc(F)c(F)c2n1. The highest BCUT2D eigenvalue weighted by atomic mass is 19.2. The van der Waals surface area contributed by atoms with Gasteiger partial charge in [-0.2, -0.15) is 0 Å². The second-order valence-corrected chi connectivity index (χ2v) is 8.04. The highest BCUT2D eigenvalue weighted by molar-refractivity contribution is 5.92. The topological polar surface area (TPSA) is 36.4 Å². The summed E-state index contributed by atoms with van der Waals surface area (Å²) in [6.45, 7) is 5.04. The molecular weight excluding hydrogens is 360 g/mol. The van der Waals surface area contributed by atoms with Crippen LogP contribution in [0, 0.1) is 24.5 Å². The molecule has 1 aromatic heterocycles. The molecule has 0 atom stereocenters. The zero-order chi connectivity index (χ0) is 19.7. The Hall–Kier alpha value is -2.24. The molecule has 0 N–H and O–H groups in total. The Labute approximate surface area is 164 Å². The molecule has 2 aliphatic heterocycles. The molecule has 6 heteroatoms. The Morgan fingerprint density at radius 2 is 1.71 bits per heavy atom. The molecule has 1 amide bonds. The van der Waals surface area contributed by atoms with E-state index in [0.29, 0.717) is 17.0 Å². The molecular formula is C22H27F2N3O. The smallest absolute Gasteiger partial charge is 0.225 e. The number of likely N-dealkylation sites (tertiary alicyclic amines) is 1. The van der Waals surface area contributed by atoms with Crippen LogP contribution < -0.4 is 4.90 Å². The van der Waals surface area contributed by atoms with Crippen LogP contribution in [0.2, 0.25) is 0 Å². The second kappa shape index (κ2) is 8.02. The van der Waals surface area contributed by atoms with E-state index in [9.17, 15) is 13.6 Å². The van der Waals surface area contributed by atoms with Gasteiger partial charge in [0.2, 0.25) is 5.91 Å².